The third kappa shape index (κ3) is 8.64. The SMILES string of the molecule is CC(C)[C@H](N)C(=O)NCC(=O)NCCOc1cccc(Cl)c1.Cl. The lowest BCUT2D eigenvalue weighted by atomic mass is 10.1. The maximum absolute atomic E-state index is 11.6. The Labute approximate surface area is 147 Å². The van der Waals surface area contributed by atoms with Crippen molar-refractivity contribution in [3.63, 3.8) is 0 Å². The van der Waals surface area contributed by atoms with Crippen molar-refractivity contribution in [3.05, 3.63) is 29.3 Å². The van der Waals surface area contributed by atoms with Crippen LogP contribution in [0.15, 0.2) is 24.3 Å². The molecule has 0 bridgehead atoms. The molecule has 0 heterocycles. The Balaban J connectivity index is 0.00000484. The van der Waals surface area contributed by atoms with Gasteiger partial charge in [0.15, 0.2) is 0 Å². The molecule has 6 nitrogen and oxygen atoms in total. The van der Waals surface area contributed by atoms with E-state index in [1.807, 2.05) is 13.8 Å². The predicted molar refractivity (Wildman–Crippen MR) is 93.0 cm³/mol. The summed E-state index contributed by atoms with van der Waals surface area (Å²) in [6.45, 7) is 4.23. The predicted octanol–water partition coefficient (Wildman–Crippen LogP) is 1.36. The van der Waals surface area contributed by atoms with E-state index in [9.17, 15) is 9.59 Å². The summed E-state index contributed by atoms with van der Waals surface area (Å²) in [5.41, 5.74) is 5.67. The Bertz CT molecular complexity index is 512. The number of nitrogens with one attached hydrogen (secondary N) is 2. The van der Waals surface area contributed by atoms with Crippen LogP contribution in [0.2, 0.25) is 5.02 Å². The third-order valence-corrected chi connectivity index (χ3v) is 3.17. The van der Waals surface area contributed by atoms with Crippen molar-refractivity contribution >= 4 is 35.8 Å². The Kier molecular flexibility index (Phi) is 10.4. The number of hydrogen-bond donors (Lipinski definition) is 3. The van der Waals surface area contributed by atoms with Gasteiger partial charge in [-0.1, -0.05) is 31.5 Å². The third-order valence-electron chi connectivity index (χ3n) is 2.93. The van der Waals surface area contributed by atoms with E-state index < -0.39 is 6.04 Å². The first-order valence-corrected chi connectivity index (χ1v) is 7.46. The molecule has 8 heteroatoms. The van der Waals surface area contributed by atoms with E-state index in [2.05, 4.69) is 10.6 Å². The van der Waals surface area contributed by atoms with Gasteiger partial charge in [-0.25, -0.2) is 0 Å². The molecule has 0 saturated carbocycles. The summed E-state index contributed by atoms with van der Waals surface area (Å²) in [6.07, 6.45) is 0. The van der Waals surface area contributed by atoms with E-state index in [0.717, 1.165) is 0 Å². The molecule has 4 N–H and O–H groups in total. The van der Waals surface area contributed by atoms with Gasteiger partial charge in [0.05, 0.1) is 19.1 Å². The number of carbonyl (C=O) groups is 2. The van der Waals surface area contributed by atoms with Gasteiger partial charge >= 0.3 is 0 Å². The molecule has 0 aliphatic rings. The van der Waals surface area contributed by atoms with Crippen molar-refractivity contribution in [2.75, 3.05) is 19.7 Å². The van der Waals surface area contributed by atoms with Crippen LogP contribution in [0.5, 0.6) is 5.75 Å². The van der Waals surface area contributed by atoms with Gasteiger partial charge < -0.3 is 21.1 Å². The molecule has 1 rings (SSSR count). The van der Waals surface area contributed by atoms with Gasteiger partial charge in [0.25, 0.3) is 0 Å². The number of hydrogen-bond acceptors (Lipinski definition) is 4. The maximum Gasteiger partial charge on any atom is 0.239 e. The fourth-order valence-corrected chi connectivity index (χ4v) is 1.75. The van der Waals surface area contributed by atoms with E-state index in [1.165, 1.54) is 0 Å². The normalized spacial score (nSPS) is 11.3. The van der Waals surface area contributed by atoms with E-state index in [-0.39, 0.29) is 36.7 Å². The van der Waals surface area contributed by atoms with Crippen LogP contribution in [-0.4, -0.2) is 37.6 Å². The molecule has 1 atom stereocenters. The minimum absolute atomic E-state index is 0. The summed E-state index contributed by atoms with van der Waals surface area (Å²) in [4.78, 5) is 23.1. The molecule has 23 heavy (non-hydrogen) atoms. The Morgan fingerprint density at radius 1 is 1.30 bits per heavy atom. The zero-order valence-corrected chi connectivity index (χ0v) is 14.7. The molecular weight excluding hydrogens is 341 g/mol. The highest BCUT2D eigenvalue weighted by atomic mass is 35.5. The van der Waals surface area contributed by atoms with Gasteiger partial charge in [0.1, 0.15) is 12.4 Å². The second-order valence-corrected chi connectivity index (χ2v) is 5.58. The molecule has 0 aliphatic carbocycles. The van der Waals surface area contributed by atoms with Crippen LogP contribution >= 0.6 is 24.0 Å². The van der Waals surface area contributed by atoms with Crippen LogP contribution in [0.4, 0.5) is 0 Å². The van der Waals surface area contributed by atoms with E-state index in [1.54, 1.807) is 24.3 Å². The van der Waals surface area contributed by atoms with Crippen LogP contribution in [0, 0.1) is 5.92 Å². The van der Waals surface area contributed by atoms with Crippen molar-refractivity contribution < 1.29 is 14.3 Å². The number of benzene rings is 1. The monoisotopic (exact) mass is 363 g/mol. The average molecular weight is 364 g/mol. The Morgan fingerprint density at radius 3 is 2.61 bits per heavy atom. The van der Waals surface area contributed by atoms with Gasteiger partial charge in [-0.3, -0.25) is 9.59 Å². The molecule has 0 aromatic heterocycles. The highest BCUT2D eigenvalue weighted by molar-refractivity contribution is 6.30. The molecule has 0 spiro atoms. The molecule has 0 saturated heterocycles. The molecule has 130 valence electrons. The molecule has 0 unspecified atom stereocenters. The van der Waals surface area contributed by atoms with Crippen molar-refractivity contribution in [2.24, 2.45) is 11.7 Å². The largest absolute Gasteiger partial charge is 0.492 e. The van der Waals surface area contributed by atoms with Gasteiger partial charge in [0, 0.05) is 5.02 Å². The van der Waals surface area contributed by atoms with Crippen LogP contribution in [-0.2, 0) is 9.59 Å². The summed E-state index contributed by atoms with van der Waals surface area (Å²) in [5.74, 6) is 0.0337. The summed E-state index contributed by atoms with van der Waals surface area (Å²) in [5, 5.41) is 5.72. The fourth-order valence-electron chi connectivity index (χ4n) is 1.57. The van der Waals surface area contributed by atoms with Crippen molar-refractivity contribution in [2.45, 2.75) is 19.9 Å². The second kappa shape index (κ2) is 11.1. The number of carbonyl (C=O) groups excluding carboxylic acids is 2. The van der Waals surface area contributed by atoms with Crippen LogP contribution in [0.25, 0.3) is 0 Å². The highest BCUT2D eigenvalue weighted by Gasteiger charge is 2.17. The molecule has 2 amide bonds. The van der Waals surface area contributed by atoms with Crippen molar-refractivity contribution in [3.8, 4) is 5.75 Å². The van der Waals surface area contributed by atoms with Crippen LogP contribution in [0.1, 0.15) is 13.8 Å². The average Bonchev–Trinajstić information content (AvgIpc) is 2.48. The number of ether oxygens (including phenoxy) is 1. The van der Waals surface area contributed by atoms with E-state index in [0.29, 0.717) is 23.9 Å². The number of amides is 2. The summed E-state index contributed by atoms with van der Waals surface area (Å²) < 4.78 is 5.43. The van der Waals surface area contributed by atoms with E-state index >= 15 is 0 Å². The summed E-state index contributed by atoms with van der Waals surface area (Å²) in [7, 11) is 0. The van der Waals surface area contributed by atoms with Crippen molar-refractivity contribution in [1.29, 1.82) is 0 Å². The first kappa shape index (κ1) is 21.5. The summed E-state index contributed by atoms with van der Waals surface area (Å²) >= 11 is 5.83. The maximum atomic E-state index is 11.6. The van der Waals surface area contributed by atoms with Gasteiger partial charge in [0.2, 0.25) is 11.8 Å². The first-order valence-electron chi connectivity index (χ1n) is 7.08. The Hall–Kier alpha value is -1.50. The second-order valence-electron chi connectivity index (χ2n) is 5.14. The first-order chi connectivity index (χ1) is 10.4. The Morgan fingerprint density at radius 2 is 2.00 bits per heavy atom. The van der Waals surface area contributed by atoms with Crippen molar-refractivity contribution in [1.82, 2.24) is 10.6 Å². The molecule has 0 fully saturated rings. The quantitative estimate of drug-likeness (QED) is 0.607. The zero-order valence-electron chi connectivity index (χ0n) is 13.2. The number of rotatable bonds is 8. The van der Waals surface area contributed by atoms with Crippen LogP contribution < -0.4 is 21.1 Å². The fraction of sp³-hybridized carbons (Fsp3) is 0.467. The van der Waals surface area contributed by atoms with E-state index in [4.69, 9.17) is 22.1 Å². The lowest BCUT2D eigenvalue weighted by Gasteiger charge is -2.15. The van der Waals surface area contributed by atoms with Gasteiger partial charge in [-0.05, 0) is 24.1 Å². The topological polar surface area (TPSA) is 93.5 Å². The molecule has 1 aromatic carbocycles. The molecule has 0 radical (unpaired) electrons. The molecular formula is C15H23Cl2N3O3. The zero-order chi connectivity index (χ0) is 16.5. The summed E-state index contributed by atoms with van der Waals surface area (Å²) in [6, 6.07) is 6.39. The standard InChI is InChI=1S/C15H22ClN3O3.ClH/c1-10(2)14(17)15(21)19-9-13(20)18-6-7-22-12-5-3-4-11(16)8-12;/h3-5,8,10,14H,6-7,9,17H2,1-2H3,(H,18,20)(H,19,21);1H/t14-;/m0./s1. The lowest BCUT2D eigenvalue weighted by molar-refractivity contribution is -0.127. The molecule has 1 aromatic rings. The minimum Gasteiger partial charge on any atom is -0.492 e. The molecule has 0 aliphatic heterocycles. The smallest absolute Gasteiger partial charge is 0.239 e. The number of nitrogens with two attached hydrogens (primary N) is 1. The minimum atomic E-state index is -0.612. The van der Waals surface area contributed by atoms with Gasteiger partial charge in [-0.15, -0.1) is 12.4 Å². The van der Waals surface area contributed by atoms with Crippen LogP contribution in [0.3, 0.4) is 0 Å². The highest BCUT2D eigenvalue weighted by Crippen LogP contribution is 2.16. The lowest BCUT2D eigenvalue weighted by Crippen LogP contribution is -2.47. The van der Waals surface area contributed by atoms with Gasteiger partial charge in [-0.2, -0.15) is 0 Å². The number of halogens is 2.